The summed E-state index contributed by atoms with van der Waals surface area (Å²) in [7, 11) is 1.63. The Morgan fingerprint density at radius 2 is 2.53 bits per heavy atom. The van der Waals surface area contributed by atoms with Gasteiger partial charge in [-0.15, -0.1) is 0 Å². The van der Waals surface area contributed by atoms with E-state index in [1.54, 1.807) is 7.05 Å². The first-order valence-corrected chi connectivity index (χ1v) is 4.78. The number of rotatable bonds is 2. The highest BCUT2D eigenvalue weighted by Gasteiger charge is 2.45. The number of hydrogen-bond acceptors (Lipinski definition) is 4. The molecule has 0 saturated carbocycles. The molecule has 1 fully saturated rings. The van der Waals surface area contributed by atoms with Gasteiger partial charge in [0.05, 0.1) is 19.6 Å². The van der Waals surface area contributed by atoms with Gasteiger partial charge in [0.25, 0.3) is 5.70 Å². The first kappa shape index (κ1) is 10.3. The molecule has 0 aromatic rings. The zero-order valence-electron chi connectivity index (χ0n) is 8.51. The van der Waals surface area contributed by atoms with E-state index < -0.39 is 5.97 Å². The summed E-state index contributed by atoms with van der Waals surface area (Å²) in [6, 6.07) is 0. The predicted octanol–water partition coefficient (Wildman–Crippen LogP) is -0.319. The summed E-state index contributed by atoms with van der Waals surface area (Å²) >= 11 is 0. The molecule has 3 N–H and O–H groups in total. The van der Waals surface area contributed by atoms with Gasteiger partial charge in [0.15, 0.2) is 0 Å². The zero-order valence-corrected chi connectivity index (χ0v) is 8.51. The van der Waals surface area contributed by atoms with Crippen LogP contribution >= 0.6 is 0 Å². The van der Waals surface area contributed by atoms with E-state index in [4.69, 9.17) is 15.7 Å². The molecule has 2 aliphatic heterocycles. The minimum atomic E-state index is -1.03. The third kappa shape index (κ3) is 1.56. The number of carboxylic acid groups (broad SMARTS) is 1. The van der Waals surface area contributed by atoms with E-state index in [1.807, 2.05) is 0 Å². The van der Waals surface area contributed by atoms with Crippen LogP contribution in [0.5, 0.6) is 0 Å². The van der Waals surface area contributed by atoms with Crippen molar-refractivity contribution < 1.29 is 19.2 Å². The van der Waals surface area contributed by atoms with E-state index in [0.29, 0.717) is 19.0 Å². The second kappa shape index (κ2) is 3.41. The largest absolute Gasteiger partial charge is 0.474 e. The SMILES string of the molecule is C[N+]1(N)C(C(=O)O)=CN=C1C1CCOC1. The smallest absolute Gasteiger partial charge is 0.394 e. The van der Waals surface area contributed by atoms with Crippen LogP contribution in [0.4, 0.5) is 0 Å². The van der Waals surface area contributed by atoms with Crippen LogP contribution < -0.4 is 5.84 Å². The molecule has 0 aliphatic carbocycles. The lowest BCUT2D eigenvalue weighted by Gasteiger charge is -2.26. The third-order valence-corrected chi connectivity index (χ3v) is 2.81. The van der Waals surface area contributed by atoms with Crippen LogP contribution in [0.1, 0.15) is 6.42 Å². The first-order valence-electron chi connectivity index (χ1n) is 4.78. The van der Waals surface area contributed by atoms with Gasteiger partial charge in [0.1, 0.15) is 6.20 Å². The van der Waals surface area contributed by atoms with Gasteiger partial charge in [-0.1, -0.05) is 0 Å². The number of carboxylic acids is 1. The molecular weight excluding hydrogens is 198 g/mol. The maximum Gasteiger partial charge on any atom is 0.394 e. The molecule has 6 heteroatoms. The second-order valence-corrected chi connectivity index (χ2v) is 3.94. The molecule has 2 heterocycles. The van der Waals surface area contributed by atoms with Gasteiger partial charge in [-0.05, 0) is 6.42 Å². The van der Waals surface area contributed by atoms with Crippen molar-refractivity contribution in [1.82, 2.24) is 0 Å². The monoisotopic (exact) mass is 212 g/mol. The van der Waals surface area contributed by atoms with Gasteiger partial charge < -0.3 is 9.84 Å². The van der Waals surface area contributed by atoms with Crippen molar-refractivity contribution in [2.75, 3.05) is 20.3 Å². The number of likely N-dealkylation sites (N-methyl/N-ethyl adjacent to an activating group) is 1. The van der Waals surface area contributed by atoms with Crippen LogP contribution in [-0.2, 0) is 9.53 Å². The van der Waals surface area contributed by atoms with Crippen molar-refractivity contribution in [3.05, 3.63) is 11.9 Å². The first-order chi connectivity index (χ1) is 7.03. The molecule has 0 amide bonds. The summed E-state index contributed by atoms with van der Waals surface area (Å²) in [4.78, 5) is 15.0. The Morgan fingerprint density at radius 3 is 3.00 bits per heavy atom. The van der Waals surface area contributed by atoms with Gasteiger partial charge >= 0.3 is 5.97 Å². The fourth-order valence-electron chi connectivity index (χ4n) is 1.97. The number of quaternary nitrogens is 1. The van der Waals surface area contributed by atoms with Gasteiger partial charge in [-0.2, -0.15) is 15.4 Å². The van der Waals surface area contributed by atoms with E-state index in [1.165, 1.54) is 6.20 Å². The number of ether oxygens (including phenoxy) is 1. The zero-order chi connectivity index (χ0) is 11.1. The average molecular weight is 212 g/mol. The predicted molar refractivity (Wildman–Crippen MR) is 52.5 cm³/mol. The molecule has 15 heavy (non-hydrogen) atoms. The summed E-state index contributed by atoms with van der Waals surface area (Å²) in [5, 5.41) is 8.94. The lowest BCUT2D eigenvalue weighted by molar-refractivity contribution is -0.789. The highest BCUT2D eigenvalue weighted by Crippen LogP contribution is 2.26. The van der Waals surface area contributed by atoms with E-state index in [-0.39, 0.29) is 16.2 Å². The minimum Gasteiger partial charge on any atom is -0.474 e. The topological polar surface area (TPSA) is 84.9 Å². The minimum absolute atomic E-state index is 0.0944. The van der Waals surface area contributed by atoms with Crippen molar-refractivity contribution in [2.24, 2.45) is 16.8 Å². The number of carbonyl (C=O) groups is 1. The fraction of sp³-hybridized carbons (Fsp3) is 0.556. The standard InChI is InChI=1S/C9H13N3O3/c1-12(10)7(9(13)14)4-11-8(12)6-2-3-15-5-6/h4,6H,2-3,5,10H2,1H3/p+1. The van der Waals surface area contributed by atoms with Crippen molar-refractivity contribution in [2.45, 2.75) is 6.42 Å². The van der Waals surface area contributed by atoms with E-state index in [9.17, 15) is 4.79 Å². The van der Waals surface area contributed by atoms with Gasteiger partial charge in [0, 0.05) is 6.61 Å². The molecule has 0 radical (unpaired) electrons. The number of amidine groups is 1. The lowest BCUT2D eigenvalue weighted by atomic mass is 10.1. The molecule has 2 atom stereocenters. The molecule has 6 nitrogen and oxygen atoms in total. The lowest BCUT2D eigenvalue weighted by Crippen LogP contribution is -2.56. The van der Waals surface area contributed by atoms with Crippen LogP contribution in [0.25, 0.3) is 0 Å². The maximum absolute atomic E-state index is 10.9. The number of hydrogen-bond donors (Lipinski definition) is 2. The van der Waals surface area contributed by atoms with Crippen molar-refractivity contribution in [1.29, 1.82) is 0 Å². The van der Waals surface area contributed by atoms with Crippen molar-refractivity contribution in [3.8, 4) is 0 Å². The summed E-state index contributed by atoms with van der Waals surface area (Å²) in [5.41, 5.74) is 0.0944. The normalized spacial score (nSPS) is 35.2. The van der Waals surface area contributed by atoms with Crippen molar-refractivity contribution in [3.63, 3.8) is 0 Å². The summed E-state index contributed by atoms with van der Waals surface area (Å²) < 4.78 is 4.98. The summed E-state index contributed by atoms with van der Waals surface area (Å²) in [6.45, 7) is 1.26. The van der Waals surface area contributed by atoms with E-state index in [2.05, 4.69) is 4.99 Å². The van der Waals surface area contributed by atoms with E-state index >= 15 is 0 Å². The Kier molecular flexibility index (Phi) is 2.34. The van der Waals surface area contributed by atoms with Crippen molar-refractivity contribution >= 4 is 11.8 Å². The molecule has 82 valence electrons. The van der Waals surface area contributed by atoms with Crippen LogP contribution in [-0.4, -0.2) is 41.8 Å². The molecule has 2 aliphatic rings. The van der Waals surface area contributed by atoms with Gasteiger partial charge in [-0.3, -0.25) is 0 Å². The van der Waals surface area contributed by atoms with Crippen LogP contribution in [0, 0.1) is 5.92 Å². The average Bonchev–Trinajstić information content (AvgIpc) is 2.70. The Morgan fingerprint density at radius 1 is 1.80 bits per heavy atom. The number of aliphatic carboxylic acids is 1. The molecule has 2 rings (SSSR count). The van der Waals surface area contributed by atoms with Crippen LogP contribution in [0.3, 0.4) is 0 Å². The molecule has 1 saturated heterocycles. The summed E-state index contributed by atoms with van der Waals surface area (Å²) in [6.07, 6.45) is 2.18. The van der Waals surface area contributed by atoms with Gasteiger partial charge in [0.2, 0.25) is 5.84 Å². The van der Waals surface area contributed by atoms with Crippen LogP contribution in [0.15, 0.2) is 16.9 Å². The van der Waals surface area contributed by atoms with Crippen LogP contribution in [0.2, 0.25) is 0 Å². The molecule has 0 bridgehead atoms. The van der Waals surface area contributed by atoms with E-state index in [0.717, 1.165) is 6.42 Å². The molecule has 0 aromatic carbocycles. The molecule has 2 unspecified atom stereocenters. The molecule has 0 aromatic heterocycles. The quantitative estimate of drug-likeness (QED) is 0.485. The Bertz CT molecular complexity index is 354. The number of nitrogens with two attached hydrogens (primary N) is 1. The summed E-state index contributed by atoms with van der Waals surface area (Å²) in [5.74, 6) is 5.72. The highest BCUT2D eigenvalue weighted by atomic mass is 16.5. The third-order valence-electron chi connectivity index (χ3n) is 2.81. The molecular formula is C9H14N3O3+. The fourth-order valence-corrected chi connectivity index (χ4v) is 1.97. The Balaban J connectivity index is 2.22. The van der Waals surface area contributed by atoms with Gasteiger partial charge in [-0.25, -0.2) is 4.79 Å². The number of aliphatic imine (C=N–C) groups is 1. The Labute approximate surface area is 87.2 Å². The maximum atomic E-state index is 10.9. The highest BCUT2D eigenvalue weighted by molar-refractivity contribution is 5.92. The second-order valence-electron chi connectivity index (χ2n) is 3.94. The Hall–Kier alpha value is -1.24. The molecule has 0 spiro atoms. The number of nitrogens with zero attached hydrogens (tertiary/aromatic N) is 2.